The van der Waals surface area contributed by atoms with Crippen LogP contribution in [-0.2, 0) is 6.54 Å². The lowest BCUT2D eigenvalue weighted by Crippen LogP contribution is -2.48. The fourth-order valence-electron chi connectivity index (χ4n) is 5.56. The van der Waals surface area contributed by atoms with Crippen LogP contribution >= 0.6 is 0 Å². The molecule has 154 valence electrons. The van der Waals surface area contributed by atoms with Gasteiger partial charge in [0.1, 0.15) is 0 Å². The number of hydrogen-bond acceptors (Lipinski definition) is 3. The largest absolute Gasteiger partial charge is 0.331 e. The molecule has 2 aromatic rings. The summed E-state index contributed by atoms with van der Waals surface area (Å²) >= 11 is 0. The molecule has 0 bridgehead atoms. The third-order valence-corrected chi connectivity index (χ3v) is 7.32. The van der Waals surface area contributed by atoms with E-state index in [0.29, 0.717) is 11.6 Å². The predicted molar refractivity (Wildman–Crippen MR) is 118 cm³/mol. The number of likely N-dealkylation sites (tertiary alicyclic amines) is 1. The van der Waals surface area contributed by atoms with Gasteiger partial charge in [0.2, 0.25) is 0 Å². The van der Waals surface area contributed by atoms with Gasteiger partial charge in [0.25, 0.3) is 5.91 Å². The van der Waals surface area contributed by atoms with Gasteiger partial charge in [-0.2, -0.15) is 5.26 Å². The molecule has 5 rings (SSSR count). The summed E-state index contributed by atoms with van der Waals surface area (Å²) in [5.74, 6) is 0.201. The molecule has 0 unspecified atom stereocenters. The van der Waals surface area contributed by atoms with Gasteiger partial charge in [-0.1, -0.05) is 37.5 Å². The Hall–Kier alpha value is -2.64. The van der Waals surface area contributed by atoms with Crippen molar-refractivity contribution in [1.29, 1.82) is 5.26 Å². The maximum absolute atomic E-state index is 13.1. The molecule has 0 aromatic heterocycles. The highest BCUT2D eigenvalue weighted by molar-refractivity contribution is 5.99. The highest BCUT2D eigenvalue weighted by Gasteiger charge is 2.35. The van der Waals surface area contributed by atoms with Gasteiger partial charge in [-0.05, 0) is 66.6 Å². The third-order valence-electron chi connectivity index (χ3n) is 7.32. The molecule has 0 radical (unpaired) electrons. The van der Waals surface area contributed by atoms with Crippen molar-refractivity contribution >= 4 is 5.91 Å². The van der Waals surface area contributed by atoms with Gasteiger partial charge in [0.15, 0.2) is 0 Å². The first-order valence-electron chi connectivity index (χ1n) is 11.4. The maximum Gasteiger partial charge on any atom is 0.254 e. The van der Waals surface area contributed by atoms with E-state index in [1.54, 1.807) is 0 Å². The molecule has 1 aliphatic carbocycles. The molecule has 0 spiro atoms. The normalized spacial score (nSPS) is 20.9. The van der Waals surface area contributed by atoms with Gasteiger partial charge in [0, 0.05) is 37.3 Å². The lowest BCUT2D eigenvalue weighted by atomic mass is 9.92. The van der Waals surface area contributed by atoms with Crippen LogP contribution in [0.2, 0.25) is 0 Å². The third kappa shape index (κ3) is 3.63. The Morgan fingerprint density at radius 2 is 1.53 bits per heavy atom. The number of amides is 1. The van der Waals surface area contributed by atoms with Crippen molar-refractivity contribution in [2.75, 3.05) is 13.1 Å². The topological polar surface area (TPSA) is 47.3 Å². The fourth-order valence-corrected chi connectivity index (χ4v) is 5.56. The van der Waals surface area contributed by atoms with Crippen LogP contribution in [0.3, 0.4) is 0 Å². The Balaban J connectivity index is 1.26. The molecule has 1 saturated carbocycles. The molecule has 0 N–H and O–H groups in total. The average molecular weight is 400 g/mol. The number of carbonyl (C=O) groups excluding carboxylic acids is 1. The zero-order chi connectivity index (χ0) is 20.5. The van der Waals surface area contributed by atoms with Crippen LogP contribution in [0.5, 0.6) is 0 Å². The number of nitrogens with zero attached hydrogens (tertiary/aromatic N) is 3. The standard InChI is InChI=1S/C26H29N3O/c27-17-19-6-8-20(9-7-19)21-10-11-25-22(16-21)18-29(26(25)30)24-12-14-28(15-13-24)23-4-2-1-3-5-23/h6-11,16,23-24H,1-5,12-15,18H2. The van der Waals surface area contributed by atoms with Gasteiger partial charge in [-0.3, -0.25) is 4.79 Å². The minimum absolute atomic E-state index is 0.201. The summed E-state index contributed by atoms with van der Waals surface area (Å²) in [7, 11) is 0. The van der Waals surface area contributed by atoms with Gasteiger partial charge < -0.3 is 9.80 Å². The van der Waals surface area contributed by atoms with E-state index in [-0.39, 0.29) is 5.91 Å². The Kier molecular flexibility index (Phi) is 5.31. The quantitative estimate of drug-likeness (QED) is 0.731. The molecule has 2 aliphatic heterocycles. The first kappa shape index (κ1) is 19.3. The molecular weight excluding hydrogens is 370 g/mol. The Morgan fingerprint density at radius 1 is 0.833 bits per heavy atom. The summed E-state index contributed by atoms with van der Waals surface area (Å²) in [5, 5.41) is 9.00. The molecular formula is C26H29N3O. The number of nitriles is 1. The Bertz CT molecular complexity index is 961. The van der Waals surface area contributed by atoms with E-state index in [0.717, 1.165) is 60.8 Å². The van der Waals surface area contributed by atoms with E-state index < -0.39 is 0 Å². The molecule has 2 fully saturated rings. The van der Waals surface area contributed by atoms with Crippen molar-refractivity contribution in [2.45, 2.75) is 63.6 Å². The van der Waals surface area contributed by atoms with Crippen molar-refractivity contribution in [2.24, 2.45) is 0 Å². The van der Waals surface area contributed by atoms with Crippen molar-refractivity contribution in [3.05, 3.63) is 59.2 Å². The first-order valence-corrected chi connectivity index (χ1v) is 11.4. The van der Waals surface area contributed by atoms with Gasteiger partial charge in [-0.25, -0.2) is 0 Å². The fraction of sp³-hybridized carbons (Fsp3) is 0.462. The number of carbonyl (C=O) groups is 1. The maximum atomic E-state index is 13.1. The van der Waals surface area contributed by atoms with Gasteiger partial charge in [0.05, 0.1) is 11.6 Å². The van der Waals surface area contributed by atoms with E-state index in [9.17, 15) is 4.79 Å². The molecule has 0 atom stereocenters. The number of benzene rings is 2. The second-order valence-corrected chi connectivity index (χ2v) is 9.05. The molecule has 4 nitrogen and oxygen atoms in total. The van der Waals surface area contributed by atoms with Crippen LogP contribution in [-0.4, -0.2) is 40.9 Å². The van der Waals surface area contributed by atoms with E-state index in [1.165, 1.54) is 32.1 Å². The van der Waals surface area contributed by atoms with Crippen LogP contribution in [0.4, 0.5) is 0 Å². The number of piperidine rings is 1. The second kappa shape index (κ2) is 8.24. The van der Waals surface area contributed by atoms with Gasteiger partial charge >= 0.3 is 0 Å². The summed E-state index contributed by atoms with van der Waals surface area (Å²) in [6, 6.07) is 17.1. The molecule has 1 amide bonds. The van der Waals surface area contributed by atoms with Crippen LogP contribution in [0.25, 0.3) is 11.1 Å². The molecule has 1 saturated heterocycles. The van der Waals surface area contributed by atoms with Gasteiger partial charge in [-0.15, -0.1) is 0 Å². The summed E-state index contributed by atoms with van der Waals surface area (Å²) in [6.45, 7) is 2.99. The summed E-state index contributed by atoms with van der Waals surface area (Å²) < 4.78 is 0. The zero-order valence-corrected chi connectivity index (χ0v) is 17.5. The van der Waals surface area contributed by atoms with E-state index in [1.807, 2.05) is 36.4 Å². The molecule has 2 heterocycles. The summed E-state index contributed by atoms with van der Waals surface area (Å²) in [6.07, 6.45) is 9.07. The minimum atomic E-state index is 0.201. The number of fused-ring (bicyclic) bond motifs is 1. The zero-order valence-electron chi connectivity index (χ0n) is 17.5. The molecule has 3 aliphatic rings. The predicted octanol–water partition coefficient (Wildman–Crippen LogP) is 4.98. The monoisotopic (exact) mass is 399 g/mol. The first-order chi connectivity index (χ1) is 14.7. The smallest absolute Gasteiger partial charge is 0.254 e. The lowest BCUT2D eigenvalue weighted by Gasteiger charge is -2.41. The van der Waals surface area contributed by atoms with E-state index >= 15 is 0 Å². The van der Waals surface area contributed by atoms with Crippen LogP contribution in [0, 0.1) is 11.3 Å². The van der Waals surface area contributed by atoms with Crippen LogP contribution in [0.1, 0.15) is 66.4 Å². The molecule has 2 aromatic carbocycles. The molecule has 30 heavy (non-hydrogen) atoms. The number of rotatable bonds is 3. The van der Waals surface area contributed by atoms with Crippen LogP contribution < -0.4 is 0 Å². The Labute approximate surface area is 179 Å². The molecule has 4 heteroatoms. The van der Waals surface area contributed by atoms with Crippen molar-refractivity contribution < 1.29 is 4.79 Å². The average Bonchev–Trinajstić information content (AvgIpc) is 3.15. The lowest BCUT2D eigenvalue weighted by molar-refractivity contribution is 0.0507. The second-order valence-electron chi connectivity index (χ2n) is 9.05. The summed E-state index contributed by atoms with van der Waals surface area (Å²) in [5.41, 5.74) is 4.86. The van der Waals surface area contributed by atoms with E-state index in [2.05, 4.69) is 21.9 Å². The highest BCUT2D eigenvalue weighted by atomic mass is 16.2. The van der Waals surface area contributed by atoms with Crippen molar-refractivity contribution in [3.8, 4) is 17.2 Å². The number of hydrogen-bond donors (Lipinski definition) is 0. The minimum Gasteiger partial charge on any atom is -0.331 e. The SMILES string of the molecule is N#Cc1ccc(-c2ccc3c(c2)CN(C2CCN(C4CCCCC4)CC2)C3=O)cc1. The van der Waals surface area contributed by atoms with Crippen LogP contribution in [0.15, 0.2) is 42.5 Å². The van der Waals surface area contributed by atoms with Crippen molar-refractivity contribution in [1.82, 2.24) is 9.80 Å². The van der Waals surface area contributed by atoms with E-state index in [4.69, 9.17) is 5.26 Å². The highest BCUT2D eigenvalue weighted by Crippen LogP contribution is 2.33. The Morgan fingerprint density at radius 3 is 2.23 bits per heavy atom. The summed E-state index contributed by atoms with van der Waals surface area (Å²) in [4.78, 5) is 17.9. The van der Waals surface area contributed by atoms with Crippen molar-refractivity contribution in [3.63, 3.8) is 0 Å².